The highest BCUT2D eigenvalue weighted by Crippen LogP contribution is 2.31. The van der Waals surface area contributed by atoms with Crippen LogP contribution in [-0.4, -0.2) is 35.4 Å². The number of nitrogens with two attached hydrogens (primary N) is 1. The van der Waals surface area contributed by atoms with Crippen LogP contribution in [0.1, 0.15) is 23.8 Å². The van der Waals surface area contributed by atoms with E-state index in [4.69, 9.17) is 5.73 Å². The molecule has 3 rings (SSSR count). The average Bonchev–Trinajstić information content (AvgIpc) is 3.18. The summed E-state index contributed by atoms with van der Waals surface area (Å²) < 4.78 is 0. The molecule has 0 saturated carbocycles. The van der Waals surface area contributed by atoms with Crippen molar-refractivity contribution >= 4 is 28.6 Å². The SMILES string of the molecule is CC1(CN)CCN(C(=O)c2csc(-c3cccs3)n2)C1. The molecule has 2 aromatic heterocycles. The van der Waals surface area contributed by atoms with Gasteiger partial charge in [0.2, 0.25) is 0 Å². The van der Waals surface area contributed by atoms with Crippen LogP contribution in [0.4, 0.5) is 0 Å². The highest BCUT2D eigenvalue weighted by molar-refractivity contribution is 7.20. The van der Waals surface area contributed by atoms with Crippen LogP contribution in [0.25, 0.3) is 9.88 Å². The first-order valence-electron chi connectivity index (χ1n) is 6.60. The topological polar surface area (TPSA) is 59.2 Å². The fourth-order valence-corrected chi connectivity index (χ4v) is 4.02. The van der Waals surface area contributed by atoms with E-state index in [-0.39, 0.29) is 11.3 Å². The van der Waals surface area contributed by atoms with Gasteiger partial charge in [-0.05, 0) is 29.8 Å². The molecule has 4 nitrogen and oxygen atoms in total. The lowest BCUT2D eigenvalue weighted by Crippen LogP contribution is -2.34. The summed E-state index contributed by atoms with van der Waals surface area (Å²) in [4.78, 5) is 19.9. The Hall–Kier alpha value is -1.24. The molecular weight excluding hydrogens is 290 g/mol. The molecule has 1 unspecified atom stereocenters. The first kappa shape index (κ1) is 13.7. The fourth-order valence-electron chi connectivity index (χ4n) is 2.41. The molecule has 1 aliphatic heterocycles. The smallest absolute Gasteiger partial charge is 0.273 e. The maximum absolute atomic E-state index is 12.5. The number of hydrogen-bond acceptors (Lipinski definition) is 5. The van der Waals surface area contributed by atoms with Gasteiger partial charge < -0.3 is 10.6 Å². The van der Waals surface area contributed by atoms with Gasteiger partial charge in [0.1, 0.15) is 10.7 Å². The van der Waals surface area contributed by atoms with Gasteiger partial charge in [0, 0.05) is 18.5 Å². The lowest BCUT2D eigenvalue weighted by Gasteiger charge is -2.22. The predicted octanol–water partition coefficient (Wildman–Crippen LogP) is 2.68. The zero-order valence-corrected chi connectivity index (χ0v) is 13.0. The molecule has 6 heteroatoms. The minimum Gasteiger partial charge on any atom is -0.337 e. The second-order valence-corrected chi connectivity index (χ2v) is 7.31. The summed E-state index contributed by atoms with van der Waals surface area (Å²) in [5.74, 6) is 0.0289. The third-order valence-electron chi connectivity index (χ3n) is 3.79. The molecule has 1 atom stereocenters. The van der Waals surface area contributed by atoms with Crippen molar-refractivity contribution in [3.63, 3.8) is 0 Å². The number of rotatable bonds is 3. The Balaban J connectivity index is 1.76. The molecule has 2 aromatic rings. The lowest BCUT2D eigenvalue weighted by molar-refractivity contribution is 0.0772. The van der Waals surface area contributed by atoms with E-state index in [1.54, 1.807) is 11.3 Å². The van der Waals surface area contributed by atoms with Crippen molar-refractivity contribution in [1.29, 1.82) is 0 Å². The molecule has 0 bridgehead atoms. The van der Waals surface area contributed by atoms with E-state index in [1.165, 1.54) is 11.3 Å². The zero-order valence-electron chi connectivity index (χ0n) is 11.3. The van der Waals surface area contributed by atoms with Crippen molar-refractivity contribution in [3.8, 4) is 9.88 Å². The summed E-state index contributed by atoms with van der Waals surface area (Å²) in [6, 6.07) is 4.02. The number of aromatic nitrogens is 1. The molecule has 1 amide bonds. The van der Waals surface area contributed by atoms with Crippen molar-refractivity contribution in [1.82, 2.24) is 9.88 Å². The van der Waals surface area contributed by atoms with Gasteiger partial charge in [0.05, 0.1) is 4.88 Å². The number of amides is 1. The molecule has 0 aliphatic carbocycles. The minimum atomic E-state index is 0.0289. The van der Waals surface area contributed by atoms with Crippen LogP contribution in [0.5, 0.6) is 0 Å². The number of nitrogens with zero attached hydrogens (tertiary/aromatic N) is 2. The first-order chi connectivity index (χ1) is 9.61. The molecular formula is C14H17N3OS2. The Bertz CT molecular complexity index is 608. The van der Waals surface area contributed by atoms with Gasteiger partial charge in [-0.25, -0.2) is 4.98 Å². The Morgan fingerprint density at radius 3 is 3.05 bits per heavy atom. The molecule has 2 N–H and O–H groups in total. The summed E-state index contributed by atoms with van der Waals surface area (Å²) in [6.07, 6.45) is 0.969. The molecule has 0 radical (unpaired) electrons. The number of thiazole rings is 1. The number of hydrogen-bond donors (Lipinski definition) is 1. The van der Waals surface area contributed by atoms with E-state index < -0.39 is 0 Å². The molecule has 3 heterocycles. The molecule has 106 valence electrons. The van der Waals surface area contributed by atoms with Crippen molar-refractivity contribution in [3.05, 3.63) is 28.6 Å². The minimum absolute atomic E-state index is 0.0289. The summed E-state index contributed by atoms with van der Waals surface area (Å²) in [5.41, 5.74) is 6.40. The summed E-state index contributed by atoms with van der Waals surface area (Å²) in [7, 11) is 0. The van der Waals surface area contributed by atoms with Crippen molar-refractivity contribution in [2.45, 2.75) is 13.3 Å². The number of likely N-dealkylation sites (tertiary alicyclic amines) is 1. The van der Waals surface area contributed by atoms with E-state index in [0.717, 1.165) is 29.4 Å². The van der Waals surface area contributed by atoms with Gasteiger partial charge in [0.25, 0.3) is 5.91 Å². The number of carbonyl (C=O) groups excluding carboxylic acids is 1. The second-order valence-electron chi connectivity index (χ2n) is 5.51. The van der Waals surface area contributed by atoms with Crippen LogP contribution >= 0.6 is 22.7 Å². The van der Waals surface area contributed by atoms with Gasteiger partial charge in [0.15, 0.2) is 0 Å². The molecule has 20 heavy (non-hydrogen) atoms. The van der Waals surface area contributed by atoms with E-state index >= 15 is 0 Å². The lowest BCUT2D eigenvalue weighted by atomic mass is 9.90. The Morgan fingerprint density at radius 2 is 2.40 bits per heavy atom. The van der Waals surface area contributed by atoms with Gasteiger partial charge >= 0.3 is 0 Å². The largest absolute Gasteiger partial charge is 0.337 e. The van der Waals surface area contributed by atoms with E-state index in [1.807, 2.05) is 27.8 Å². The van der Waals surface area contributed by atoms with Crippen LogP contribution in [0.2, 0.25) is 0 Å². The summed E-state index contributed by atoms with van der Waals surface area (Å²) in [5, 5.41) is 4.80. The Kier molecular flexibility index (Phi) is 3.62. The highest BCUT2D eigenvalue weighted by atomic mass is 32.1. The van der Waals surface area contributed by atoms with E-state index in [2.05, 4.69) is 11.9 Å². The zero-order chi connectivity index (χ0) is 14.2. The third-order valence-corrected chi connectivity index (χ3v) is 5.67. The Morgan fingerprint density at radius 1 is 1.55 bits per heavy atom. The maximum Gasteiger partial charge on any atom is 0.273 e. The quantitative estimate of drug-likeness (QED) is 0.948. The fraction of sp³-hybridized carbons (Fsp3) is 0.429. The van der Waals surface area contributed by atoms with E-state index in [0.29, 0.717) is 12.2 Å². The van der Waals surface area contributed by atoms with Gasteiger partial charge in [-0.2, -0.15) is 0 Å². The van der Waals surface area contributed by atoms with Gasteiger partial charge in [-0.3, -0.25) is 4.79 Å². The normalized spacial score (nSPS) is 22.4. The van der Waals surface area contributed by atoms with Crippen LogP contribution in [0, 0.1) is 5.41 Å². The molecule has 1 aliphatic rings. The maximum atomic E-state index is 12.5. The third kappa shape index (κ3) is 2.51. The van der Waals surface area contributed by atoms with E-state index in [9.17, 15) is 4.79 Å². The number of thiophene rings is 1. The predicted molar refractivity (Wildman–Crippen MR) is 83.1 cm³/mol. The first-order valence-corrected chi connectivity index (χ1v) is 8.36. The second kappa shape index (κ2) is 5.27. The van der Waals surface area contributed by atoms with Crippen LogP contribution in [-0.2, 0) is 0 Å². The van der Waals surface area contributed by atoms with Gasteiger partial charge in [-0.1, -0.05) is 13.0 Å². The molecule has 1 saturated heterocycles. The van der Waals surface area contributed by atoms with Crippen molar-refractivity contribution in [2.24, 2.45) is 11.1 Å². The number of carbonyl (C=O) groups is 1. The van der Waals surface area contributed by atoms with Crippen LogP contribution in [0.15, 0.2) is 22.9 Å². The molecule has 0 spiro atoms. The summed E-state index contributed by atoms with van der Waals surface area (Å²) in [6.45, 7) is 4.26. The van der Waals surface area contributed by atoms with Crippen LogP contribution in [0.3, 0.4) is 0 Å². The van der Waals surface area contributed by atoms with Crippen molar-refractivity contribution < 1.29 is 4.79 Å². The highest BCUT2D eigenvalue weighted by Gasteiger charge is 2.35. The standard InChI is InChI=1S/C14H17N3OS2/c1-14(8-15)4-5-17(9-14)13(18)10-7-20-12(16-10)11-3-2-6-19-11/h2-3,6-7H,4-5,8-9,15H2,1H3. The molecule has 0 aromatic carbocycles. The monoisotopic (exact) mass is 307 g/mol. The van der Waals surface area contributed by atoms with Crippen LogP contribution < -0.4 is 5.73 Å². The van der Waals surface area contributed by atoms with Crippen molar-refractivity contribution in [2.75, 3.05) is 19.6 Å². The van der Waals surface area contributed by atoms with Gasteiger partial charge in [-0.15, -0.1) is 22.7 Å². The Labute approximate surface area is 126 Å². The summed E-state index contributed by atoms with van der Waals surface area (Å²) >= 11 is 3.17. The molecule has 1 fully saturated rings. The average molecular weight is 307 g/mol.